The van der Waals surface area contributed by atoms with Crippen LogP contribution >= 0.6 is 0 Å². The average Bonchev–Trinajstić information content (AvgIpc) is 3.48. The zero-order chi connectivity index (χ0) is 30.7. The average molecular weight is 586 g/mol. The predicted molar refractivity (Wildman–Crippen MR) is 162 cm³/mol. The van der Waals surface area contributed by atoms with E-state index in [1.807, 2.05) is 58.6 Å². The lowest BCUT2D eigenvalue weighted by Crippen LogP contribution is -2.46. The summed E-state index contributed by atoms with van der Waals surface area (Å²) in [5, 5.41) is 15.0. The molecule has 0 spiro atoms. The molecular weight excluding hydrogens is 546 g/mol. The third-order valence-corrected chi connectivity index (χ3v) is 7.30. The summed E-state index contributed by atoms with van der Waals surface area (Å²) in [4.78, 5) is 46.8. The van der Waals surface area contributed by atoms with E-state index in [2.05, 4.69) is 40.8 Å². The number of anilines is 2. The van der Waals surface area contributed by atoms with Gasteiger partial charge in [-0.2, -0.15) is 19.6 Å². The smallest absolute Gasteiger partial charge is 0.252 e. The van der Waals surface area contributed by atoms with E-state index in [1.165, 1.54) is 0 Å². The van der Waals surface area contributed by atoms with Gasteiger partial charge in [0.1, 0.15) is 11.6 Å². The minimum Gasteiger partial charge on any atom is -0.309 e. The van der Waals surface area contributed by atoms with Gasteiger partial charge in [0.15, 0.2) is 0 Å². The van der Waals surface area contributed by atoms with Crippen LogP contribution in [0, 0.1) is 41.5 Å². The van der Waals surface area contributed by atoms with E-state index in [0.29, 0.717) is 23.5 Å². The number of nitrogens with one attached hydrogen (secondary N) is 2. The SMILES string of the molecule is Cc1cc(C)nc(-n2nc(C)cc2NC(=O)CN(CC(=O)Nc2cc(C)nn2-c2nc(C)cc(C)n2)C2CCCCC2)n1. The van der Waals surface area contributed by atoms with Gasteiger partial charge in [0, 0.05) is 41.0 Å². The van der Waals surface area contributed by atoms with Crippen LogP contribution in [-0.2, 0) is 9.59 Å². The maximum absolute atomic E-state index is 13.4. The Balaban J connectivity index is 1.32. The summed E-state index contributed by atoms with van der Waals surface area (Å²) < 4.78 is 3.09. The van der Waals surface area contributed by atoms with Gasteiger partial charge in [-0.15, -0.1) is 0 Å². The molecule has 13 nitrogen and oxygen atoms in total. The van der Waals surface area contributed by atoms with Crippen LogP contribution in [0.5, 0.6) is 0 Å². The maximum Gasteiger partial charge on any atom is 0.252 e. The Hall–Kier alpha value is -4.52. The number of nitrogens with zero attached hydrogens (tertiary/aromatic N) is 9. The van der Waals surface area contributed by atoms with Crippen molar-refractivity contribution >= 4 is 23.5 Å². The van der Waals surface area contributed by atoms with Crippen LogP contribution in [0.15, 0.2) is 24.3 Å². The van der Waals surface area contributed by atoms with Gasteiger partial charge >= 0.3 is 0 Å². The summed E-state index contributed by atoms with van der Waals surface area (Å²) in [5.74, 6) is 1.26. The number of rotatable bonds is 9. The molecule has 1 aliphatic rings. The first-order valence-electron chi connectivity index (χ1n) is 14.7. The van der Waals surface area contributed by atoms with Crippen LogP contribution in [0.3, 0.4) is 0 Å². The van der Waals surface area contributed by atoms with E-state index in [4.69, 9.17) is 0 Å². The highest BCUT2D eigenvalue weighted by atomic mass is 16.2. The predicted octanol–water partition coefficient (Wildman–Crippen LogP) is 3.70. The number of amides is 2. The first kappa shape index (κ1) is 30.0. The molecule has 43 heavy (non-hydrogen) atoms. The fourth-order valence-corrected chi connectivity index (χ4v) is 5.58. The number of carbonyl (C=O) groups excluding carboxylic acids is 2. The van der Waals surface area contributed by atoms with Crippen molar-refractivity contribution in [2.45, 2.75) is 79.7 Å². The summed E-state index contributed by atoms with van der Waals surface area (Å²) in [6, 6.07) is 7.46. The number of hydrogen-bond acceptors (Lipinski definition) is 9. The molecule has 0 unspecified atom stereocenters. The zero-order valence-corrected chi connectivity index (χ0v) is 25.7. The topological polar surface area (TPSA) is 149 Å². The lowest BCUT2D eigenvalue weighted by Gasteiger charge is -2.33. The molecule has 4 heterocycles. The molecule has 0 bridgehead atoms. The highest BCUT2D eigenvalue weighted by Crippen LogP contribution is 2.23. The minimum absolute atomic E-state index is 0.0501. The van der Waals surface area contributed by atoms with Crippen molar-refractivity contribution in [3.63, 3.8) is 0 Å². The molecule has 13 heteroatoms. The van der Waals surface area contributed by atoms with Gasteiger partial charge in [0.05, 0.1) is 24.5 Å². The molecule has 0 aliphatic heterocycles. The summed E-state index contributed by atoms with van der Waals surface area (Å²) in [5.41, 5.74) is 4.68. The van der Waals surface area contributed by atoms with E-state index < -0.39 is 0 Å². The van der Waals surface area contributed by atoms with Crippen LogP contribution in [-0.4, -0.2) is 75.3 Å². The lowest BCUT2D eigenvalue weighted by atomic mass is 9.94. The van der Waals surface area contributed by atoms with Crippen molar-refractivity contribution < 1.29 is 9.59 Å². The van der Waals surface area contributed by atoms with Crippen molar-refractivity contribution in [3.8, 4) is 11.9 Å². The van der Waals surface area contributed by atoms with Crippen molar-refractivity contribution in [2.75, 3.05) is 23.7 Å². The van der Waals surface area contributed by atoms with E-state index in [9.17, 15) is 9.59 Å². The monoisotopic (exact) mass is 585 g/mol. The first-order chi connectivity index (χ1) is 20.5. The van der Waals surface area contributed by atoms with E-state index in [0.717, 1.165) is 66.3 Å². The summed E-state index contributed by atoms with van der Waals surface area (Å²) in [7, 11) is 0. The molecule has 2 amide bonds. The molecule has 0 saturated heterocycles. The van der Waals surface area contributed by atoms with Crippen LogP contribution in [0.1, 0.15) is 66.3 Å². The van der Waals surface area contributed by atoms with Gasteiger partial charge in [-0.1, -0.05) is 19.3 Å². The molecule has 1 aliphatic carbocycles. The van der Waals surface area contributed by atoms with Gasteiger partial charge in [0.25, 0.3) is 11.9 Å². The van der Waals surface area contributed by atoms with Crippen molar-refractivity contribution in [1.29, 1.82) is 0 Å². The summed E-state index contributed by atoms with van der Waals surface area (Å²) in [6.07, 6.45) is 5.15. The molecule has 2 N–H and O–H groups in total. The fraction of sp³-hybridized carbons (Fsp3) is 0.467. The maximum atomic E-state index is 13.4. The molecule has 5 rings (SSSR count). The second-order valence-corrected chi connectivity index (χ2v) is 11.4. The van der Waals surface area contributed by atoms with Gasteiger partial charge in [-0.05, 0) is 66.5 Å². The summed E-state index contributed by atoms with van der Waals surface area (Å²) in [6.45, 7) is 11.4. The van der Waals surface area contributed by atoms with E-state index >= 15 is 0 Å². The van der Waals surface area contributed by atoms with Crippen molar-refractivity contribution in [3.05, 3.63) is 58.4 Å². The lowest BCUT2D eigenvalue weighted by molar-refractivity contribution is -0.121. The Kier molecular flexibility index (Phi) is 8.90. The first-order valence-corrected chi connectivity index (χ1v) is 14.7. The van der Waals surface area contributed by atoms with Crippen LogP contribution < -0.4 is 10.6 Å². The highest BCUT2D eigenvalue weighted by Gasteiger charge is 2.26. The van der Waals surface area contributed by atoms with E-state index in [1.54, 1.807) is 21.5 Å². The normalized spacial score (nSPS) is 13.8. The molecule has 4 aromatic rings. The largest absolute Gasteiger partial charge is 0.309 e. The standard InChI is InChI=1S/C30H39N11O2/c1-18-12-19(2)32-29(31-18)40-25(14-22(5)37-40)35-27(42)16-39(24-10-8-7-9-11-24)17-28(43)36-26-15-23(6)38-41(26)30-33-20(3)13-21(4)34-30/h12-15,24H,7-11,16-17H2,1-6H3,(H,35,42)(H,36,43). The molecule has 226 valence electrons. The molecule has 0 aromatic carbocycles. The van der Waals surface area contributed by atoms with Crippen LogP contribution in [0.2, 0.25) is 0 Å². The third-order valence-electron chi connectivity index (χ3n) is 7.30. The van der Waals surface area contributed by atoms with Gasteiger partial charge in [0.2, 0.25) is 11.8 Å². The molecule has 4 aromatic heterocycles. The fourth-order valence-electron chi connectivity index (χ4n) is 5.58. The van der Waals surface area contributed by atoms with Gasteiger partial charge in [-0.3, -0.25) is 14.5 Å². The van der Waals surface area contributed by atoms with Crippen LogP contribution in [0.25, 0.3) is 11.9 Å². The Labute approximate surface area is 251 Å². The van der Waals surface area contributed by atoms with Gasteiger partial charge < -0.3 is 10.6 Å². The molecule has 0 radical (unpaired) electrons. The summed E-state index contributed by atoms with van der Waals surface area (Å²) >= 11 is 0. The van der Waals surface area contributed by atoms with Gasteiger partial charge in [-0.25, -0.2) is 19.9 Å². The highest BCUT2D eigenvalue weighted by molar-refractivity contribution is 5.94. The number of aryl methyl sites for hydroxylation is 6. The van der Waals surface area contributed by atoms with Crippen molar-refractivity contribution in [2.24, 2.45) is 0 Å². The number of hydrogen-bond donors (Lipinski definition) is 2. The Morgan fingerprint density at radius 1 is 0.651 bits per heavy atom. The Morgan fingerprint density at radius 3 is 1.44 bits per heavy atom. The quantitative estimate of drug-likeness (QED) is 0.300. The molecular formula is C30H39N11O2. The second-order valence-electron chi connectivity index (χ2n) is 11.4. The van der Waals surface area contributed by atoms with Crippen LogP contribution in [0.4, 0.5) is 11.6 Å². The number of aromatic nitrogens is 8. The third kappa shape index (κ3) is 7.47. The molecule has 1 fully saturated rings. The molecule has 0 atom stereocenters. The molecule has 1 saturated carbocycles. The Morgan fingerprint density at radius 2 is 1.05 bits per heavy atom. The zero-order valence-electron chi connectivity index (χ0n) is 25.7. The van der Waals surface area contributed by atoms with Crippen molar-refractivity contribution in [1.82, 2.24) is 44.4 Å². The Bertz CT molecular complexity index is 1480. The second kappa shape index (κ2) is 12.8. The van der Waals surface area contributed by atoms with E-state index in [-0.39, 0.29) is 30.9 Å². The minimum atomic E-state index is -0.242. The number of carbonyl (C=O) groups is 2.